The van der Waals surface area contributed by atoms with Crippen molar-refractivity contribution in [3.05, 3.63) is 60.8 Å². The maximum Gasteiger partial charge on any atom is 0.220 e. The van der Waals surface area contributed by atoms with E-state index in [2.05, 4.69) is 79.9 Å². The first-order valence-electron chi connectivity index (χ1n) is 28.5. The number of nitrogens with one attached hydrogen (secondary N) is 1. The number of hydrogen-bond donors (Lipinski definition) is 9. The summed E-state index contributed by atoms with van der Waals surface area (Å²) in [5, 5.41) is 87.1. The number of unbranched alkanes of at least 4 members (excludes halogenated alkanes) is 21. The summed E-state index contributed by atoms with van der Waals surface area (Å²) in [5.74, 6) is -0.220. The number of hydrogen-bond acceptors (Lipinski definition) is 13. The molecule has 0 aromatic heterocycles. The topological polar surface area (TPSA) is 228 Å². The van der Waals surface area contributed by atoms with Gasteiger partial charge in [-0.3, -0.25) is 4.79 Å². The van der Waals surface area contributed by atoms with E-state index in [0.717, 1.165) is 96.3 Å². The Hall–Kier alpha value is -2.31. The summed E-state index contributed by atoms with van der Waals surface area (Å²) in [6, 6.07) is -0.837. The molecule has 2 fully saturated rings. The fraction of sp³-hybridized carbons (Fsp3) is 0.810. The Labute approximate surface area is 435 Å². The van der Waals surface area contributed by atoms with Gasteiger partial charge in [0.25, 0.3) is 0 Å². The van der Waals surface area contributed by atoms with Gasteiger partial charge in [0.1, 0.15) is 48.8 Å². The zero-order valence-corrected chi connectivity index (χ0v) is 44.7. The lowest BCUT2D eigenvalue weighted by molar-refractivity contribution is -0.359. The smallest absolute Gasteiger partial charge is 0.220 e. The first kappa shape index (κ1) is 65.8. The first-order chi connectivity index (χ1) is 35.1. The van der Waals surface area contributed by atoms with Gasteiger partial charge in [0.15, 0.2) is 12.6 Å². The molecule has 0 bridgehead atoms. The Kier molecular flexibility index (Phi) is 40.1. The maximum absolute atomic E-state index is 13.3. The van der Waals surface area contributed by atoms with Crippen LogP contribution in [0.3, 0.4) is 0 Å². The lowest BCUT2D eigenvalue weighted by Gasteiger charge is -2.46. The third-order valence-corrected chi connectivity index (χ3v) is 13.7. The normalized spacial score (nSPS) is 26.0. The van der Waals surface area contributed by atoms with E-state index in [0.29, 0.717) is 12.8 Å². The number of ether oxygens (including phenoxy) is 4. The van der Waals surface area contributed by atoms with Crippen LogP contribution < -0.4 is 5.32 Å². The van der Waals surface area contributed by atoms with Gasteiger partial charge in [-0.15, -0.1) is 0 Å². The van der Waals surface area contributed by atoms with Crippen LogP contribution in [0, 0.1) is 0 Å². The lowest BCUT2D eigenvalue weighted by atomic mass is 9.97. The largest absolute Gasteiger partial charge is 0.394 e. The van der Waals surface area contributed by atoms with Crippen LogP contribution in [0.2, 0.25) is 0 Å². The van der Waals surface area contributed by atoms with E-state index < -0.39 is 86.8 Å². The second-order valence-electron chi connectivity index (χ2n) is 20.0. The van der Waals surface area contributed by atoms with Gasteiger partial charge in [-0.1, -0.05) is 203 Å². The highest BCUT2D eigenvalue weighted by molar-refractivity contribution is 5.76. The van der Waals surface area contributed by atoms with Crippen molar-refractivity contribution in [3.8, 4) is 0 Å². The highest BCUT2D eigenvalue weighted by Gasteiger charge is 2.51. The van der Waals surface area contributed by atoms with E-state index >= 15 is 0 Å². The highest BCUT2D eigenvalue weighted by Crippen LogP contribution is 2.30. The van der Waals surface area contributed by atoms with Gasteiger partial charge in [-0.05, 0) is 57.8 Å². The Bertz CT molecular complexity index is 1440. The minimum atomic E-state index is -1.79. The van der Waals surface area contributed by atoms with Crippen LogP contribution in [0.4, 0.5) is 0 Å². The quantitative estimate of drug-likeness (QED) is 0.0205. The van der Waals surface area contributed by atoms with Crippen molar-refractivity contribution >= 4 is 5.91 Å². The molecule has 0 aromatic rings. The fourth-order valence-corrected chi connectivity index (χ4v) is 9.15. The molecule has 2 heterocycles. The molecule has 12 unspecified atom stereocenters. The molecule has 72 heavy (non-hydrogen) atoms. The summed E-state index contributed by atoms with van der Waals surface area (Å²) in [5.41, 5.74) is 0. The van der Waals surface area contributed by atoms with Crippen molar-refractivity contribution in [3.63, 3.8) is 0 Å². The zero-order chi connectivity index (χ0) is 52.4. The zero-order valence-electron chi connectivity index (χ0n) is 44.7. The van der Waals surface area contributed by atoms with Gasteiger partial charge in [0, 0.05) is 6.42 Å². The molecule has 0 saturated carbocycles. The molecule has 14 nitrogen and oxygen atoms in total. The lowest BCUT2D eigenvalue weighted by Crippen LogP contribution is -2.65. The van der Waals surface area contributed by atoms with Crippen LogP contribution in [0.15, 0.2) is 60.8 Å². The van der Waals surface area contributed by atoms with Gasteiger partial charge in [0.2, 0.25) is 5.91 Å². The Morgan fingerprint density at radius 1 is 0.514 bits per heavy atom. The summed E-state index contributed by atoms with van der Waals surface area (Å²) in [7, 11) is 0. The molecule has 2 saturated heterocycles. The minimum Gasteiger partial charge on any atom is -0.394 e. The number of aliphatic hydroxyl groups excluding tert-OH is 8. The minimum absolute atomic E-state index is 0.220. The molecule has 12 atom stereocenters. The summed E-state index contributed by atoms with van der Waals surface area (Å²) >= 11 is 0. The van der Waals surface area contributed by atoms with E-state index in [1.807, 2.05) is 0 Å². The predicted molar refractivity (Wildman–Crippen MR) is 286 cm³/mol. The van der Waals surface area contributed by atoms with Gasteiger partial charge in [-0.2, -0.15) is 0 Å². The van der Waals surface area contributed by atoms with Crippen LogP contribution in [-0.2, 0) is 23.7 Å². The number of carbonyl (C=O) groups is 1. The van der Waals surface area contributed by atoms with Gasteiger partial charge in [-0.25, -0.2) is 0 Å². The molecular weight excluding hydrogens is 919 g/mol. The van der Waals surface area contributed by atoms with Crippen LogP contribution in [0.1, 0.15) is 206 Å². The molecule has 2 aliphatic heterocycles. The number of allylic oxidation sites excluding steroid dienone is 10. The average molecular weight is 1020 g/mol. The van der Waals surface area contributed by atoms with Crippen molar-refractivity contribution in [1.29, 1.82) is 0 Å². The highest BCUT2D eigenvalue weighted by atomic mass is 16.7. The molecular formula is C58H103NO13. The van der Waals surface area contributed by atoms with Crippen LogP contribution >= 0.6 is 0 Å². The third kappa shape index (κ3) is 29.7. The Morgan fingerprint density at radius 2 is 0.958 bits per heavy atom. The number of amides is 1. The van der Waals surface area contributed by atoms with Gasteiger partial charge < -0.3 is 65.1 Å². The summed E-state index contributed by atoms with van der Waals surface area (Å²) in [6.07, 6.45) is 37.8. The second kappa shape index (κ2) is 43.9. The van der Waals surface area contributed by atoms with E-state index in [1.165, 1.54) is 77.0 Å². The Balaban J connectivity index is 1.77. The van der Waals surface area contributed by atoms with Crippen LogP contribution in [-0.4, -0.2) is 140 Å². The predicted octanol–water partition coefficient (Wildman–Crippen LogP) is 9.00. The third-order valence-electron chi connectivity index (χ3n) is 13.7. The monoisotopic (exact) mass is 1020 g/mol. The fourth-order valence-electron chi connectivity index (χ4n) is 9.15. The molecule has 1 amide bonds. The summed E-state index contributed by atoms with van der Waals surface area (Å²) in [4.78, 5) is 13.3. The molecule has 2 rings (SSSR count). The van der Waals surface area contributed by atoms with E-state index in [1.54, 1.807) is 0 Å². The number of rotatable bonds is 44. The second-order valence-corrected chi connectivity index (χ2v) is 20.0. The molecule has 2 aliphatic rings. The molecule has 9 N–H and O–H groups in total. The number of carbonyl (C=O) groups excluding carboxylic acids is 1. The maximum atomic E-state index is 13.3. The summed E-state index contributed by atoms with van der Waals surface area (Å²) < 4.78 is 22.8. The van der Waals surface area contributed by atoms with Gasteiger partial charge >= 0.3 is 0 Å². The molecule has 14 heteroatoms. The molecule has 0 radical (unpaired) electrons. The van der Waals surface area contributed by atoms with Crippen molar-refractivity contribution < 1.29 is 64.6 Å². The average Bonchev–Trinajstić information content (AvgIpc) is 3.38. The number of aliphatic hydroxyl groups is 8. The Morgan fingerprint density at radius 3 is 1.47 bits per heavy atom. The molecule has 0 spiro atoms. The molecule has 418 valence electrons. The SMILES string of the molecule is CC/C=C\C/C=C\C/C=C\C/C=C\C/C=C\CCCCCCCCCC(=O)NC(COC1OC(CO)C(OC2OC(CO)C(O)C(O)C2O)C(O)C1O)C(O)CCCCCCCCCCCCCCCCC. The molecule has 0 aromatic carbocycles. The molecule has 0 aliphatic carbocycles. The van der Waals surface area contributed by atoms with Crippen molar-refractivity contribution in [2.75, 3.05) is 19.8 Å². The van der Waals surface area contributed by atoms with Crippen LogP contribution in [0.25, 0.3) is 0 Å². The van der Waals surface area contributed by atoms with E-state index in [-0.39, 0.29) is 18.9 Å². The van der Waals surface area contributed by atoms with Crippen molar-refractivity contribution in [2.24, 2.45) is 0 Å². The van der Waals surface area contributed by atoms with Crippen molar-refractivity contribution in [2.45, 2.75) is 280 Å². The first-order valence-corrected chi connectivity index (χ1v) is 28.5. The van der Waals surface area contributed by atoms with Gasteiger partial charge in [0.05, 0.1) is 32.0 Å². The standard InChI is InChI=1S/C58H103NO13/c1-3-5-7-9-11-13-15-17-19-20-21-22-23-24-25-26-28-30-32-34-36-38-40-42-50(63)59-46(47(62)41-39-37-35-33-31-29-27-18-16-14-12-10-8-6-4-2)45-69-57-55(68)53(66)56(49(44-61)71-57)72-58-54(67)52(65)51(64)48(43-60)70-58/h5,7,11,13,17,19,21-22,24-25,46-49,51-58,60-62,64-68H,3-4,6,8-10,12,14-16,18,20,23,26-45H2,1-2H3,(H,59,63)/b7-5-,13-11-,19-17-,22-21-,25-24-. The van der Waals surface area contributed by atoms with E-state index in [9.17, 15) is 45.6 Å². The summed E-state index contributed by atoms with van der Waals surface area (Å²) in [6.45, 7) is 2.73. The van der Waals surface area contributed by atoms with Crippen LogP contribution in [0.5, 0.6) is 0 Å². The van der Waals surface area contributed by atoms with Crippen molar-refractivity contribution in [1.82, 2.24) is 5.32 Å². The van der Waals surface area contributed by atoms with E-state index in [4.69, 9.17) is 18.9 Å².